The predicted molar refractivity (Wildman–Crippen MR) is 125 cm³/mol. The summed E-state index contributed by atoms with van der Waals surface area (Å²) in [6, 6.07) is 4.64. The molecule has 0 saturated heterocycles. The van der Waals surface area contributed by atoms with E-state index in [2.05, 4.69) is 20.9 Å². The third-order valence-electron chi connectivity index (χ3n) is 4.33. The molecule has 0 aliphatic rings. The first-order valence-corrected chi connectivity index (χ1v) is 10.5. The molecule has 170 valence electrons. The Morgan fingerprint density at radius 2 is 1.94 bits per heavy atom. The molecule has 3 rings (SSSR count). The van der Waals surface area contributed by atoms with Gasteiger partial charge in [0.05, 0.1) is 32.6 Å². The molecule has 0 unspecified atom stereocenters. The highest BCUT2D eigenvalue weighted by Gasteiger charge is 2.22. The predicted octanol–water partition coefficient (Wildman–Crippen LogP) is 3.97. The molecule has 0 fully saturated rings. The second-order valence-corrected chi connectivity index (χ2v) is 7.82. The second kappa shape index (κ2) is 10.2. The summed E-state index contributed by atoms with van der Waals surface area (Å²) in [5, 5.41) is 25.0. The number of para-hydroxylation sites is 1. The van der Waals surface area contributed by atoms with Gasteiger partial charge in [0, 0.05) is 36.6 Å². The van der Waals surface area contributed by atoms with Crippen LogP contribution < -0.4 is 21.5 Å². The van der Waals surface area contributed by atoms with Crippen LogP contribution in [-0.4, -0.2) is 29.9 Å². The largest absolute Gasteiger partial charge is 0.392 e. The van der Waals surface area contributed by atoms with E-state index in [1.54, 1.807) is 7.05 Å². The minimum atomic E-state index is -0.907. The number of hydrogen-bond donors (Lipinski definition) is 6. The second-order valence-electron chi connectivity index (χ2n) is 6.50. The number of hydrogen-bond acceptors (Lipinski definition) is 7. The summed E-state index contributed by atoms with van der Waals surface area (Å²) in [7, 11) is 1.61. The lowest BCUT2D eigenvalue weighted by atomic mass is 10.0. The van der Waals surface area contributed by atoms with Gasteiger partial charge in [0.25, 0.3) is 11.5 Å². The number of rotatable bonds is 8. The summed E-state index contributed by atoms with van der Waals surface area (Å²) in [6.07, 6.45) is 3.52. The van der Waals surface area contributed by atoms with Crippen molar-refractivity contribution in [1.82, 2.24) is 15.6 Å². The Labute approximate surface area is 195 Å². The van der Waals surface area contributed by atoms with E-state index >= 15 is 0 Å². The molecule has 0 saturated carbocycles. The van der Waals surface area contributed by atoms with Crippen LogP contribution in [0, 0.1) is 22.5 Å². The van der Waals surface area contributed by atoms with Gasteiger partial charge in [0.15, 0.2) is 0 Å². The molecule has 0 bridgehead atoms. The molecular weight excluding hydrogens is 474 g/mol. The molecule has 2 aromatic heterocycles. The van der Waals surface area contributed by atoms with E-state index in [-0.39, 0.29) is 38.1 Å². The summed E-state index contributed by atoms with van der Waals surface area (Å²) in [5.41, 5.74) is -1.55. The molecule has 1 aromatic carbocycles. The molecule has 33 heavy (non-hydrogen) atoms. The zero-order valence-electron chi connectivity index (χ0n) is 17.0. The van der Waals surface area contributed by atoms with Crippen molar-refractivity contribution in [3.05, 3.63) is 90.8 Å². The molecule has 0 radical (unpaired) electrons. The maximum absolute atomic E-state index is 14.2. The summed E-state index contributed by atoms with van der Waals surface area (Å²) in [6.45, 7) is 0. The zero-order valence-corrected chi connectivity index (χ0v) is 18.5. The number of benzene rings is 1. The number of thiophene rings is 1. The van der Waals surface area contributed by atoms with Gasteiger partial charge in [-0.25, -0.2) is 8.78 Å². The van der Waals surface area contributed by atoms with Gasteiger partial charge in [0.2, 0.25) is 0 Å². The van der Waals surface area contributed by atoms with Crippen LogP contribution in [0.1, 0.15) is 20.8 Å². The van der Waals surface area contributed by atoms with E-state index in [0.29, 0.717) is 0 Å². The van der Waals surface area contributed by atoms with Crippen molar-refractivity contribution in [2.24, 2.45) is 0 Å². The summed E-state index contributed by atoms with van der Waals surface area (Å²) >= 11 is 7.19. The average molecular weight is 491 g/mol. The molecule has 2 heterocycles. The van der Waals surface area contributed by atoms with E-state index in [1.807, 2.05) is 0 Å². The number of aromatic nitrogens is 1. The van der Waals surface area contributed by atoms with Crippen molar-refractivity contribution in [1.29, 1.82) is 10.8 Å². The molecule has 6 N–H and O–H groups in total. The fourth-order valence-electron chi connectivity index (χ4n) is 2.80. The first-order chi connectivity index (χ1) is 15.8. The molecule has 0 spiro atoms. The van der Waals surface area contributed by atoms with Gasteiger partial charge in [-0.2, -0.15) is 0 Å². The number of aromatic amines is 1. The Morgan fingerprint density at radius 1 is 1.24 bits per heavy atom. The van der Waals surface area contributed by atoms with Crippen LogP contribution in [0.3, 0.4) is 0 Å². The Hall–Kier alpha value is -3.83. The van der Waals surface area contributed by atoms with Crippen molar-refractivity contribution in [2.75, 3.05) is 12.4 Å². The molecule has 0 aliphatic carbocycles. The van der Waals surface area contributed by atoms with Crippen LogP contribution in [0.2, 0.25) is 5.02 Å². The molecule has 1 amide bonds. The van der Waals surface area contributed by atoms with Gasteiger partial charge in [0.1, 0.15) is 17.3 Å². The molecule has 3 aromatic rings. The van der Waals surface area contributed by atoms with E-state index < -0.39 is 28.8 Å². The van der Waals surface area contributed by atoms with Crippen LogP contribution in [0.15, 0.2) is 52.5 Å². The van der Waals surface area contributed by atoms with Crippen LogP contribution in [0.5, 0.6) is 0 Å². The standard InChI is InChI=1S/C21H17ClF2N6O2S/c1-27-7-11(6-25)29-20(31)15-5-10(9-33-15)17(26)16-18(12(22)8-28-21(16)32)30-19-13(23)3-2-4-14(19)24/h2-9,25-27H,1H3,(H,29,31)(H2,28,30,32)/b11-7+,25-6?,26-17?. The van der Waals surface area contributed by atoms with Crippen LogP contribution in [0.25, 0.3) is 0 Å². The van der Waals surface area contributed by atoms with Crippen LogP contribution >= 0.6 is 22.9 Å². The van der Waals surface area contributed by atoms with E-state index in [4.69, 9.17) is 22.4 Å². The maximum Gasteiger partial charge on any atom is 0.265 e. The third kappa shape index (κ3) is 5.16. The lowest BCUT2D eigenvalue weighted by Gasteiger charge is -2.14. The van der Waals surface area contributed by atoms with Crippen LogP contribution in [0.4, 0.5) is 20.2 Å². The fraction of sp³-hybridized carbons (Fsp3) is 0.0476. The Kier molecular flexibility index (Phi) is 7.36. The Bertz CT molecular complexity index is 1310. The Morgan fingerprint density at radius 3 is 2.58 bits per heavy atom. The minimum Gasteiger partial charge on any atom is -0.392 e. The van der Waals surface area contributed by atoms with Gasteiger partial charge in [-0.05, 0) is 18.2 Å². The van der Waals surface area contributed by atoms with Crippen molar-refractivity contribution < 1.29 is 13.6 Å². The zero-order chi connectivity index (χ0) is 24.1. The monoisotopic (exact) mass is 490 g/mol. The average Bonchev–Trinajstić information content (AvgIpc) is 3.28. The molecule has 0 atom stereocenters. The highest BCUT2D eigenvalue weighted by molar-refractivity contribution is 7.12. The van der Waals surface area contributed by atoms with E-state index in [1.165, 1.54) is 23.7 Å². The number of carbonyl (C=O) groups excluding carboxylic acids is 1. The lowest BCUT2D eigenvalue weighted by Crippen LogP contribution is -2.24. The van der Waals surface area contributed by atoms with Gasteiger partial charge in [-0.3, -0.25) is 15.0 Å². The maximum atomic E-state index is 14.2. The van der Waals surface area contributed by atoms with Crippen molar-refractivity contribution in [2.45, 2.75) is 0 Å². The van der Waals surface area contributed by atoms with Crippen LogP contribution in [-0.2, 0) is 0 Å². The molecule has 12 heteroatoms. The fourth-order valence-corrected chi connectivity index (χ4v) is 3.79. The normalized spacial score (nSPS) is 11.1. The van der Waals surface area contributed by atoms with Gasteiger partial charge >= 0.3 is 0 Å². The highest BCUT2D eigenvalue weighted by Crippen LogP contribution is 2.31. The SMILES string of the molecule is CN/C=C(\C=N)NC(=O)c1cc(C(=N)c2c(Nc3c(F)cccc3F)c(Cl)c[nH]c2=O)cs1. The quantitative estimate of drug-likeness (QED) is 0.266. The first kappa shape index (κ1) is 23.8. The number of allylic oxidation sites excluding steroid dienone is 1. The number of amides is 1. The van der Waals surface area contributed by atoms with E-state index in [9.17, 15) is 18.4 Å². The van der Waals surface area contributed by atoms with Gasteiger partial charge < -0.3 is 26.3 Å². The summed E-state index contributed by atoms with van der Waals surface area (Å²) in [4.78, 5) is 27.6. The number of H-pyrrole nitrogens is 1. The van der Waals surface area contributed by atoms with Crippen molar-refractivity contribution in [3.63, 3.8) is 0 Å². The molecule has 0 aliphatic heterocycles. The minimum absolute atomic E-state index is 0.0713. The first-order valence-electron chi connectivity index (χ1n) is 9.26. The van der Waals surface area contributed by atoms with Gasteiger partial charge in [-0.1, -0.05) is 17.7 Å². The van der Waals surface area contributed by atoms with E-state index in [0.717, 1.165) is 35.9 Å². The summed E-state index contributed by atoms with van der Waals surface area (Å²) in [5.74, 6) is -2.33. The smallest absolute Gasteiger partial charge is 0.265 e. The summed E-state index contributed by atoms with van der Waals surface area (Å²) < 4.78 is 28.3. The number of carbonyl (C=O) groups is 1. The molecular formula is C21H17ClF2N6O2S. The number of halogens is 3. The van der Waals surface area contributed by atoms with Crippen molar-refractivity contribution >= 4 is 52.1 Å². The lowest BCUT2D eigenvalue weighted by molar-refractivity contribution is 0.0972. The highest BCUT2D eigenvalue weighted by atomic mass is 35.5. The topological polar surface area (TPSA) is 134 Å². The number of pyridine rings is 1. The number of nitrogens with one attached hydrogen (secondary N) is 6. The number of anilines is 2. The third-order valence-corrected chi connectivity index (χ3v) is 5.56. The van der Waals surface area contributed by atoms with Gasteiger partial charge in [-0.15, -0.1) is 11.3 Å². The van der Waals surface area contributed by atoms with Crippen molar-refractivity contribution in [3.8, 4) is 0 Å². The molecule has 8 nitrogen and oxygen atoms in total. The Balaban J connectivity index is 1.98.